The summed E-state index contributed by atoms with van der Waals surface area (Å²) in [5.41, 5.74) is 1.57. The SMILES string of the molecule is CCc1cnc(OC2CCN(C(=O)C3(c4ccc(F)cc4)CC3)CC2)nc1. The van der Waals surface area contributed by atoms with Crippen molar-refractivity contribution in [2.24, 2.45) is 0 Å². The minimum atomic E-state index is -0.444. The molecule has 1 saturated heterocycles. The number of ether oxygens (including phenoxy) is 1. The zero-order chi connectivity index (χ0) is 18.9. The Morgan fingerprint density at radius 3 is 2.37 bits per heavy atom. The molecule has 142 valence electrons. The minimum Gasteiger partial charge on any atom is -0.460 e. The molecule has 2 aromatic rings. The molecule has 2 heterocycles. The highest BCUT2D eigenvalue weighted by Gasteiger charge is 2.53. The molecular weight excluding hydrogens is 345 g/mol. The number of amides is 1. The topological polar surface area (TPSA) is 55.3 Å². The van der Waals surface area contributed by atoms with Gasteiger partial charge in [-0.2, -0.15) is 0 Å². The van der Waals surface area contributed by atoms with Crippen LogP contribution in [0.5, 0.6) is 6.01 Å². The average molecular weight is 369 g/mol. The van der Waals surface area contributed by atoms with Gasteiger partial charge in [0.1, 0.15) is 11.9 Å². The van der Waals surface area contributed by atoms with Gasteiger partial charge in [-0.05, 0) is 42.5 Å². The Balaban J connectivity index is 1.34. The maximum absolute atomic E-state index is 13.2. The third kappa shape index (κ3) is 3.66. The van der Waals surface area contributed by atoms with Crippen LogP contribution in [-0.2, 0) is 16.6 Å². The zero-order valence-corrected chi connectivity index (χ0v) is 15.5. The molecule has 27 heavy (non-hydrogen) atoms. The van der Waals surface area contributed by atoms with E-state index in [2.05, 4.69) is 16.9 Å². The van der Waals surface area contributed by atoms with Gasteiger partial charge in [-0.3, -0.25) is 4.79 Å². The van der Waals surface area contributed by atoms with E-state index in [9.17, 15) is 9.18 Å². The van der Waals surface area contributed by atoms with E-state index in [1.165, 1.54) is 12.1 Å². The van der Waals surface area contributed by atoms with Crippen molar-refractivity contribution in [3.05, 3.63) is 53.6 Å². The molecule has 2 fully saturated rings. The second-order valence-corrected chi connectivity index (χ2v) is 7.43. The number of nitrogens with zero attached hydrogens (tertiary/aromatic N) is 3. The van der Waals surface area contributed by atoms with Crippen molar-refractivity contribution in [1.29, 1.82) is 0 Å². The van der Waals surface area contributed by atoms with Crippen molar-refractivity contribution in [2.45, 2.75) is 50.5 Å². The molecule has 0 N–H and O–H groups in total. The number of piperidine rings is 1. The molecule has 0 unspecified atom stereocenters. The summed E-state index contributed by atoms with van der Waals surface area (Å²) < 4.78 is 19.1. The van der Waals surface area contributed by atoms with Gasteiger partial charge in [0.05, 0.1) is 5.41 Å². The van der Waals surface area contributed by atoms with E-state index in [-0.39, 0.29) is 17.8 Å². The highest BCUT2D eigenvalue weighted by atomic mass is 19.1. The molecule has 1 saturated carbocycles. The lowest BCUT2D eigenvalue weighted by Crippen LogP contribution is -2.46. The molecule has 1 aromatic heterocycles. The Morgan fingerprint density at radius 1 is 1.19 bits per heavy atom. The average Bonchev–Trinajstić information content (AvgIpc) is 3.51. The summed E-state index contributed by atoms with van der Waals surface area (Å²) >= 11 is 0. The molecule has 1 aliphatic carbocycles. The van der Waals surface area contributed by atoms with Gasteiger partial charge in [0.15, 0.2) is 0 Å². The fourth-order valence-electron chi connectivity index (χ4n) is 3.73. The van der Waals surface area contributed by atoms with Crippen molar-refractivity contribution in [3.63, 3.8) is 0 Å². The molecule has 0 spiro atoms. The molecule has 0 bridgehead atoms. The van der Waals surface area contributed by atoms with Gasteiger partial charge in [0, 0.05) is 38.3 Å². The molecule has 4 rings (SSSR count). The standard InChI is InChI=1S/C21H24FN3O2/c1-2-15-13-23-20(24-14-15)27-18-7-11-25(12-8-18)19(26)21(9-10-21)16-3-5-17(22)6-4-16/h3-6,13-14,18H,2,7-12H2,1H3. The van der Waals surface area contributed by atoms with Gasteiger partial charge in [0.25, 0.3) is 0 Å². The summed E-state index contributed by atoms with van der Waals surface area (Å²) in [6.45, 7) is 3.39. The maximum Gasteiger partial charge on any atom is 0.316 e. The summed E-state index contributed by atoms with van der Waals surface area (Å²) in [5, 5.41) is 0. The fourth-order valence-corrected chi connectivity index (χ4v) is 3.73. The molecule has 6 heteroatoms. The van der Waals surface area contributed by atoms with Crippen LogP contribution in [0.2, 0.25) is 0 Å². The number of aryl methyl sites for hydroxylation is 1. The van der Waals surface area contributed by atoms with Gasteiger partial charge < -0.3 is 9.64 Å². The first-order valence-corrected chi connectivity index (χ1v) is 9.64. The van der Waals surface area contributed by atoms with Crippen LogP contribution >= 0.6 is 0 Å². The molecule has 1 aromatic carbocycles. The lowest BCUT2D eigenvalue weighted by molar-refractivity contribution is -0.135. The van der Waals surface area contributed by atoms with Crippen molar-refractivity contribution >= 4 is 5.91 Å². The van der Waals surface area contributed by atoms with Crippen LogP contribution in [-0.4, -0.2) is 40.0 Å². The van der Waals surface area contributed by atoms with Gasteiger partial charge in [-0.25, -0.2) is 14.4 Å². The van der Waals surface area contributed by atoms with Crippen LogP contribution in [0.25, 0.3) is 0 Å². The summed E-state index contributed by atoms with van der Waals surface area (Å²) in [6, 6.07) is 6.77. The number of hydrogen-bond acceptors (Lipinski definition) is 4. The normalized spacial score (nSPS) is 19.0. The molecule has 1 amide bonds. The number of likely N-dealkylation sites (tertiary alicyclic amines) is 1. The summed E-state index contributed by atoms with van der Waals surface area (Å²) in [4.78, 5) is 23.5. The quantitative estimate of drug-likeness (QED) is 0.812. The number of carbonyl (C=O) groups is 1. The number of halogens is 1. The molecular formula is C21H24FN3O2. The Kier molecular flexibility index (Phi) is 4.81. The Labute approximate surface area is 158 Å². The van der Waals surface area contributed by atoms with Crippen LogP contribution in [0.15, 0.2) is 36.7 Å². The highest BCUT2D eigenvalue weighted by Crippen LogP contribution is 2.49. The molecule has 0 radical (unpaired) electrons. The number of aromatic nitrogens is 2. The van der Waals surface area contributed by atoms with E-state index in [4.69, 9.17) is 4.74 Å². The molecule has 1 aliphatic heterocycles. The molecule has 0 atom stereocenters. The van der Waals surface area contributed by atoms with Gasteiger partial charge in [-0.15, -0.1) is 0 Å². The third-order valence-corrected chi connectivity index (χ3v) is 5.65. The Bertz CT molecular complexity index is 795. The lowest BCUT2D eigenvalue weighted by atomic mass is 9.93. The Morgan fingerprint density at radius 2 is 1.81 bits per heavy atom. The fraction of sp³-hybridized carbons (Fsp3) is 0.476. The van der Waals surface area contributed by atoms with E-state index in [1.807, 2.05) is 4.90 Å². The van der Waals surface area contributed by atoms with Gasteiger partial charge in [0.2, 0.25) is 5.91 Å². The van der Waals surface area contributed by atoms with E-state index in [1.54, 1.807) is 24.5 Å². The van der Waals surface area contributed by atoms with Crippen LogP contribution in [0.3, 0.4) is 0 Å². The minimum absolute atomic E-state index is 0.0301. The highest BCUT2D eigenvalue weighted by molar-refractivity contribution is 5.91. The van der Waals surface area contributed by atoms with Gasteiger partial charge >= 0.3 is 6.01 Å². The number of carbonyl (C=O) groups excluding carboxylic acids is 1. The number of hydrogen-bond donors (Lipinski definition) is 0. The first kappa shape index (κ1) is 17.9. The predicted molar refractivity (Wildman–Crippen MR) is 99.0 cm³/mol. The summed E-state index contributed by atoms with van der Waals surface area (Å²) in [7, 11) is 0. The van der Waals surface area contributed by atoms with Crippen molar-refractivity contribution in [2.75, 3.05) is 13.1 Å². The smallest absolute Gasteiger partial charge is 0.316 e. The van der Waals surface area contributed by atoms with Crippen molar-refractivity contribution in [3.8, 4) is 6.01 Å². The number of benzene rings is 1. The summed E-state index contributed by atoms with van der Waals surface area (Å²) in [6.07, 6.45) is 7.73. The van der Waals surface area contributed by atoms with Crippen LogP contribution < -0.4 is 4.74 Å². The van der Waals surface area contributed by atoms with Crippen LogP contribution in [0.4, 0.5) is 4.39 Å². The van der Waals surface area contributed by atoms with E-state index >= 15 is 0 Å². The van der Waals surface area contributed by atoms with Crippen LogP contribution in [0, 0.1) is 5.82 Å². The van der Waals surface area contributed by atoms with Crippen molar-refractivity contribution in [1.82, 2.24) is 14.9 Å². The summed E-state index contributed by atoms with van der Waals surface area (Å²) in [5.74, 6) is -0.106. The first-order valence-electron chi connectivity index (χ1n) is 9.64. The lowest BCUT2D eigenvalue weighted by Gasteiger charge is -2.34. The maximum atomic E-state index is 13.2. The van der Waals surface area contributed by atoms with E-state index < -0.39 is 5.41 Å². The predicted octanol–water partition coefficient (Wildman–Crippen LogP) is 3.28. The number of rotatable bonds is 5. The molecule has 5 nitrogen and oxygen atoms in total. The first-order chi connectivity index (χ1) is 13.1. The van der Waals surface area contributed by atoms with E-state index in [0.29, 0.717) is 19.1 Å². The monoisotopic (exact) mass is 369 g/mol. The van der Waals surface area contributed by atoms with Crippen molar-refractivity contribution < 1.29 is 13.9 Å². The third-order valence-electron chi connectivity index (χ3n) is 5.65. The Hall–Kier alpha value is -2.50. The van der Waals surface area contributed by atoms with Crippen LogP contribution in [0.1, 0.15) is 43.7 Å². The van der Waals surface area contributed by atoms with Gasteiger partial charge in [-0.1, -0.05) is 19.1 Å². The largest absolute Gasteiger partial charge is 0.460 e. The zero-order valence-electron chi connectivity index (χ0n) is 15.5. The second-order valence-electron chi connectivity index (χ2n) is 7.43. The second kappa shape index (κ2) is 7.25. The molecule has 2 aliphatic rings. The van der Waals surface area contributed by atoms with E-state index in [0.717, 1.165) is 43.2 Å².